The molecule has 1 aromatic carbocycles. The Balaban J connectivity index is 2.40. The van der Waals surface area contributed by atoms with Crippen molar-refractivity contribution in [2.24, 2.45) is 5.92 Å². The van der Waals surface area contributed by atoms with E-state index in [0.717, 1.165) is 18.5 Å². The number of hydrogen-bond donors (Lipinski definition) is 1. The molecule has 0 aromatic heterocycles. The van der Waals surface area contributed by atoms with Crippen LogP contribution < -0.4 is 5.32 Å². The van der Waals surface area contributed by atoms with Crippen molar-refractivity contribution in [1.29, 1.82) is 0 Å². The summed E-state index contributed by atoms with van der Waals surface area (Å²) in [5.74, 6) is 0.540. The molecule has 0 saturated carbocycles. The number of rotatable bonds is 5. The molecule has 3 heteroatoms. The summed E-state index contributed by atoms with van der Waals surface area (Å²) < 4.78 is 0. The molecular formula is C14H18ClNO. The lowest BCUT2D eigenvalue weighted by molar-refractivity contribution is -0.116. The third-order valence-corrected chi connectivity index (χ3v) is 2.53. The molecule has 0 aliphatic carbocycles. The first kappa shape index (κ1) is 13.8. The van der Waals surface area contributed by atoms with E-state index < -0.39 is 0 Å². The number of halogens is 1. The van der Waals surface area contributed by atoms with Crippen molar-refractivity contribution in [3.63, 3.8) is 0 Å². The highest BCUT2D eigenvalue weighted by Crippen LogP contribution is 2.11. The van der Waals surface area contributed by atoms with Crippen LogP contribution in [0.15, 0.2) is 30.3 Å². The molecule has 0 spiro atoms. The van der Waals surface area contributed by atoms with Crippen LogP contribution in [0.4, 0.5) is 0 Å². The summed E-state index contributed by atoms with van der Waals surface area (Å²) in [4.78, 5) is 11.5. The first-order chi connectivity index (χ1) is 8.08. The van der Waals surface area contributed by atoms with Gasteiger partial charge in [-0.2, -0.15) is 0 Å². The largest absolute Gasteiger partial charge is 0.353 e. The quantitative estimate of drug-likeness (QED) is 0.798. The van der Waals surface area contributed by atoms with E-state index in [1.54, 1.807) is 6.08 Å². The number of amides is 1. The van der Waals surface area contributed by atoms with Gasteiger partial charge in [-0.25, -0.2) is 0 Å². The third-order valence-electron chi connectivity index (χ3n) is 2.30. The van der Waals surface area contributed by atoms with E-state index in [1.165, 1.54) is 6.08 Å². The van der Waals surface area contributed by atoms with Crippen molar-refractivity contribution >= 4 is 23.6 Å². The van der Waals surface area contributed by atoms with Crippen LogP contribution in [0, 0.1) is 5.92 Å². The number of benzene rings is 1. The standard InChI is InChI=1S/C14H18ClNO/c1-11(2)8-9-16-14(17)7-6-12-4-3-5-13(15)10-12/h3-7,10-11H,8-9H2,1-2H3,(H,16,17)/b7-6+. The Morgan fingerprint density at radius 3 is 2.88 bits per heavy atom. The fourth-order valence-corrected chi connectivity index (χ4v) is 1.52. The number of carbonyl (C=O) groups is 1. The van der Waals surface area contributed by atoms with E-state index in [1.807, 2.05) is 24.3 Å². The molecule has 0 unspecified atom stereocenters. The maximum atomic E-state index is 11.5. The summed E-state index contributed by atoms with van der Waals surface area (Å²) in [5.41, 5.74) is 0.927. The average molecular weight is 252 g/mol. The summed E-state index contributed by atoms with van der Waals surface area (Å²) in [6, 6.07) is 7.39. The van der Waals surface area contributed by atoms with Gasteiger partial charge in [-0.1, -0.05) is 37.6 Å². The minimum Gasteiger partial charge on any atom is -0.353 e. The highest BCUT2D eigenvalue weighted by atomic mass is 35.5. The smallest absolute Gasteiger partial charge is 0.243 e. The van der Waals surface area contributed by atoms with Crippen LogP contribution in [-0.2, 0) is 4.79 Å². The average Bonchev–Trinajstić information content (AvgIpc) is 2.26. The molecule has 0 radical (unpaired) electrons. The van der Waals surface area contributed by atoms with Crippen molar-refractivity contribution in [3.8, 4) is 0 Å². The van der Waals surface area contributed by atoms with E-state index in [4.69, 9.17) is 11.6 Å². The van der Waals surface area contributed by atoms with Gasteiger partial charge >= 0.3 is 0 Å². The molecule has 2 nitrogen and oxygen atoms in total. The summed E-state index contributed by atoms with van der Waals surface area (Å²) in [6.07, 6.45) is 4.29. The topological polar surface area (TPSA) is 29.1 Å². The molecule has 0 atom stereocenters. The minimum absolute atomic E-state index is 0.0642. The Labute approximate surface area is 108 Å². The van der Waals surface area contributed by atoms with Crippen molar-refractivity contribution in [2.75, 3.05) is 6.54 Å². The normalized spacial score (nSPS) is 11.1. The van der Waals surface area contributed by atoms with Gasteiger partial charge in [0.05, 0.1) is 0 Å². The van der Waals surface area contributed by atoms with Crippen LogP contribution in [-0.4, -0.2) is 12.5 Å². The molecule has 0 aliphatic rings. The molecule has 0 bridgehead atoms. The number of carbonyl (C=O) groups excluding carboxylic acids is 1. The van der Waals surface area contributed by atoms with Crippen LogP contribution in [0.25, 0.3) is 6.08 Å². The molecule has 0 heterocycles. The Morgan fingerprint density at radius 2 is 2.24 bits per heavy atom. The molecule has 0 fully saturated rings. The van der Waals surface area contributed by atoms with Gasteiger partial charge in [-0.05, 0) is 36.1 Å². The molecular weight excluding hydrogens is 234 g/mol. The predicted octanol–water partition coefficient (Wildman–Crippen LogP) is 3.52. The second-order valence-corrected chi connectivity index (χ2v) is 4.80. The van der Waals surface area contributed by atoms with E-state index in [2.05, 4.69) is 19.2 Å². The van der Waals surface area contributed by atoms with Gasteiger partial charge in [0, 0.05) is 17.6 Å². The molecule has 1 N–H and O–H groups in total. The zero-order chi connectivity index (χ0) is 12.7. The highest BCUT2D eigenvalue weighted by Gasteiger charge is 1.97. The second kappa shape index (κ2) is 7.13. The summed E-state index contributed by atoms with van der Waals surface area (Å²) >= 11 is 5.84. The molecule has 1 rings (SSSR count). The third kappa shape index (κ3) is 6.12. The number of hydrogen-bond acceptors (Lipinski definition) is 1. The maximum absolute atomic E-state index is 11.5. The van der Waals surface area contributed by atoms with Gasteiger partial charge in [0.15, 0.2) is 0 Å². The molecule has 17 heavy (non-hydrogen) atoms. The lowest BCUT2D eigenvalue weighted by Crippen LogP contribution is -2.23. The van der Waals surface area contributed by atoms with Crippen LogP contribution >= 0.6 is 11.6 Å². The van der Waals surface area contributed by atoms with Gasteiger partial charge in [-0.3, -0.25) is 4.79 Å². The lowest BCUT2D eigenvalue weighted by atomic mass is 10.1. The van der Waals surface area contributed by atoms with Crippen molar-refractivity contribution in [3.05, 3.63) is 40.9 Å². The first-order valence-corrected chi connectivity index (χ1v) is 6.17. The monoisotopic (exact) mass is 251 g/mol. The fourth-order valence-electron chi connectivity index (χ4n) is 1.33. The molecule has 92 valence electrons. The van der Waals surface area contributed by atoms with Crippen LogP contribution in [0.5, 0.6) is 0 Å². The molecule has 0 saturated heterocycles. The lowest BCUT2D eigenvalue weighted by Gasteiger charge is -2.04. The molecule has 1 aromatic rings. The number of nitrogens with one attached hydrogen (secondary N) is 1. The Bertz CT molecular complexity index is 399. The zero-order valence-electron chi connectivity index (χ0n) is 10.2. The van der Waals surface area contributed by atoms with Crippen molar-refractivity contribution < 1.29 is 4.79 Å². The van der Waals surface area contributed by atoms with Gasteiger partial charge < -0.3 is 5.32 Å². The SMILES string of the molecule is CC(C)CCNC(=O)/C=C/c1cccc(Cl)c1. The van der Waals surface area contributed by atoms with Gasteiger partial charge in [-0.15, -0.1) is 0 Å². The van der Waals surface area contributed by atoms with Crippen molar-refractivity contribution in [2.45, 2.75) is 20.3 Å². The van der Waals surface area contributed by atoms with Crippen molar-refractivity contribution in [1.82, 2.24) is 5.32 Å². The Kier molecular flexibility index (Phi) is 5.78. The molecule has 0 aliphatic heterocycles. The van der Waals surface area contributed by atoms with E-state index in [0.29, 0.717) is 10.9 Å². The van der Waals surface area contributed by atoms with Gasteiger partial charge in [0.1, 0.15) is 0 Å². The fraction of sp³-hybridized carbons (Fsp3) is 0.357. The highest BCUT2D eigenvalue weighted by molar-refractivity contribution is 6.30. The van der Waals surface area contributed by atoms with Crippen LogP contribution in [0.2, 0.25) is 5.02 Å². The maximum Gasteiger partial charge on any atom is 0.243 e. The van der Waals surface area contributed by atoms with E-state index >= 15 is 0 Å². The van der Waals surface area contributed by atoms with Gasteiger partial charge in [0.2, 0.25) is 5.91 Å². The second-order valence-electron chi connectivity index (χ2n) is 4.36. The van der Waals surface area contributed by atoms with Crippen LogP contribution in [0.1, 0.15) is 25.8 Å². The van der Waals surface area contributed by atoms with E-state index in [9.17, 15) is 4.79 Å². The summed E-state index contributed by atoms with van der Waals surface area (Å²) in [5, 5.41) is 3.51. The predicted molar refractivity (Wildman–Crippen MR) is 73.0 cm³/mol. The van der Waals surface area contributed by atoms with Crippen LogP contribution in [0.3, 0.4) is 0 Å². The Morgan fingerprint density at radius 1 is 1.47 bits per heavy atom. The Hall–Kier alpha value is -1.28. The van der Waals surface area contributed by atoms with Gasteiger partial charge in [0.25, 0.3) is 0 Å². The summed E-state index contributed by atoms with van der Waals surface area (Å²) in [7, 11) is 0. The molecule has 1 amide bonds. The van der Waals surface area contributed by atoms with E-state index in [-0.39, 0.29) is 5.91 Å². The summed E-state index contributed by atoms with van der Waals surface area (Å²) in [6.45, 7) is 4.98. The minimum atomic E-state index is -0.0642. The zero-order valence-corrected chi connectivity index (χ0v) is 11.0. The first-order valence-electron chi connectivity index (χ1n) is 5.79.